The van der Waals surface area contributed by atoms with E-state index in [-0.39, 0.29) is 5.59 Å². The van der Waals surface area contributed by atoms with Crippen molar-refractivity contribution in [2.75, 3.05) is 0 Å². The van der Waals surface area contributed by atoms with Gasteiger partial charge in [0.2, 0.25) is 5.95 Å². The van der Waals surface area contributed by atoms with Gasteiger partial charge in [0, 0.05) is 0 Å². The number of nitrogens with one attached hydrogen (secondary N) is 1. The number of aromatic amines is 1. The molecule has 0 spiro atoms. The molecule has 1 aromatic rings. The van der Waals surface area contributed by atoms with E-state index in [2.05, 4.69) is 10.2 Å². The van der Waals surface area contributed by atoms with Crippen molar-refractivity contribution in [1.82, 2.24) is 15.4 Å². The first-order valence-electron chi connectivity index (χ1n) is 1.62. The zero-order chi connectivity index (χ0) is 5.28. The highest BCUT2D eigenvalue weighted by atomic mass is 19.1. The first kappa shape index (κ1) is 4.30. The molecule has 7 heavy (non-hydrogen) atoms. The van der Waals surface area contributed by atoms with Gasteiger partial charge in [0.1, 0.15) is 0 Å². The zero-order valence-corrected chi connectivity index (χ0v) is 3.35. The Bertz CT molecular complexity index is 145. The molecule has 0 bridgehead atoms. The van der Waals surface area contributed by atoms with E-state index in [4.69, 9.17) is 7.85 Å². The van der Waals surface area contributed by atoms with Gasteiger partial charge in [-0.25, -0.2) is 0 Å². The van der Waals surface area contributed by atoms with Crippen molar-refractivity contribution >= 4 is 13.4 Å². The van der Waals surface area contributed by atoms with E-state index in [9.17, 15) is 4.39 Å². The van der Waals surface area contributed by atoms with E-state index in [0.29, 0.717) is 0 Å². The van der Waals surface area contributed by atoms with Crippen molar-refractivity contribution in [3.05, 3.63) is 5.95 Å². The first-order valence-corrected chi connectivity index (χ1v) is 1.62. The SMILES string of the molecule is [B]c1n[nH]nc1F. The molecule has 0 atom stereocenters. The van der Waals surface area contributed by atoms with Crippen molar-refractivity contribution in [3.8, 4) is 0 Å². The van der Waals surface area contributed by atoms with Gasteiger partial charge in [0.15, 0.2) is 7.85 Å². The number of aromatic nitrogens is 3. The zero-order valence-electron chi connectivity index (χ0n) is 3.35. The highest BCUT2D eigenvalue weighted by Gasteiger charge is 1.94. The predicted octanol–water partition coefficient (Wildman–Crippen LogP) is -1.26. The van der Waals surface area contributed by atoms with Crippen LogP contribution in [0.3, 0.4) is 0 Å². The molecule has 0 aliphatic heterocycles. The van der Waals surface area contributed by atoms with E-state index in [0.717, 1.165) is 0 Å². The molecule has 3 nitrogen and oxygen atoms in total. The molecule has 1 heterocycles. The quantitative estimate of drug-likeness (QED) is 0.410. The van der Waals surface area contributed by atoms with Gasteiger partial charge in [-0.3, -0.25) is 0 Å². The Morgan fingerprint density at radius 2 is 2.29 bits per heavy atom. The lowest BCUT2D eigenvalue weighted by Crippen LogP contribution is -2.06. The monoisotopic (exact) mass is 97.0 g/mol. The number of rotatable bonds is 0. The van der Waals surface area contributed by atoms with Gasteiger partial charge in [-0.05, 0) is 0 Å². The van der Waals surface area contributed by atoms with Gasteiger partial charge in [-0.15, -0.1) is 5.10 Å². The van der Waals surface area contributed by atoms with Crippen LogP contribution in [0.25, 0.3) is 0 Å². The second-order valence-electron chi connectivity index (χ2n) is 1.000. The lowest BCUT2D eigenvalue weighted by atomic mass is 10.1. The highest BCUT2D eigenvalue weighted by Crippen LogP contribution is 1.73. The Morgan fingerprint density at radius 1 is 1.57 bits per heavy atom. The highest BCUT2D eigenvalue weighted by molar-refractivity contribution is 6.30. The molecule has 0 aliphatic rings. The minimum atomic E-state index is -0.750. The standard InChI is InChI=1S/C2HBFN3/c3-1-2(4)6-7-5-1/h(H,5,6,7). The van der Waals surface area contributed by atoms with Crippen LogP contribution in [-0.2, 0) is 0 Å². The third-order valence-corrected chi connectivity index (χ3v) is 0.530. The Hall–Kier alpha value is -0.865. The largest absolute Gasteiger partial charge is 0.244 e. The second kappa shape index (κ2) is 1.33. The molecule has 34 valence electrons. The van der Waals surface area contributed by atoms with Gasteiger partial charge in [0.25, 0.3) is 0 Å². The molecule has 0 fully saturated rings. The molecule has 0 saturated carbocycles. The molecule has 5 heteroatoms. The summed E-state index contributed by atoms with van der Waals surface area (Å²) >= 11 is 0. The topological polar surface area (TPSA) is 41.6 Å². The van der Waals surface area contributed by atoms with E-state index >= 15 is 0 Å². The summed E-state index contributed by atoms with van der Waals surface area (Å²) in [6.07, 6.45) is 0. The fourth-order valence-corrected chi connectivity index (χ4v) is 0.226. The lowest BCUT2D eigenvalue weighted by Gasteiger charge is -1.69. The Balaban J connectivity index is 3.12. The van der Waals surface area contributed by atoms with Crippen LogP contribution in [0.1, 0.15) is 0 Å². The maximum atomic E-state index is 11.7. The van der Waals surface area contributed by atoms with Gasteiger partial charge < -0.3 is 0 Å². The number of nitrogens with zero attached hydrogens (tertiary/aromatic N) is 2. The van der Waals surface area contributed by atoms with Gasteiger partial charge in [-0.1, -0.05) is 0 Å². The summed E-state index contributed by atoms with van der Waals surface area (Å²) in [5.41, 5.74) is -0.194. The second-order valence-corrected chi connectivity index (χ2v) is 1.000. The Kier molecular flexibility index (Phi) is 0.815. The predicted molar refractivity (Wildman–Crippen MR) is 21.7 cm³/mol. The van der Waals surface area contributed by atoms with Crippen molar-refractivity contribution in [2.45, 2.75) is 0 Å². The van der Waals surface area contributed by atoms with Crippen molar-refractivity contribution in [2.24, 2.45) is 0 Å². The van der Waals surface area contributed by atoms with Crippen LogP contribution in [0.15, 0.2) is 0 Å². The van der Waals surface area contributed by atoms with E-state index in [1.54, 1.807) is 0 Å². The third kappa shape index (κ3) is 0.605. The van der Waals surface area contributed by atoms with Crippen LogP contribution in [0.2, 0.25) is 0 Å². The maximum Gasteiger partial charge on any atom is 0.244 e. The summed E-state index contributed by atoms with van der Waals surface area (Å²) in [6.45, 7) is 0. The first-order chi connectivity index (χ1) is 3.30. The molecule has 1 rings (SSSR count). The molecule has 0 saturated heterocycles. The smallest absolute Gasteiger partial charge is 0.196 e. The summed E-state index contributed by atoms with van der Waals surface area (Å²) < 4.78 is 11.7. The van der Waals surface area contributed by atoms with Crippen LogP contribution in [0.5, 0.6) is 0 Å². The molecule has 1 N–H and O–H groups in total. The van der Waals surface area contributed by atoms with Gasteiger partial charge in [-0.2, -0.15) is 14.7 Å². The molecule has 1 aromatic heterocycles. The van der Waals surface area contributed by atoms with E-state index in [1.165, 1.54) is 0 Å². The van der Waals surface area contributed by atoms with Crippen LogP contribution < -0.4 is 5.59 Å². The number of hydrogen-bond donors (Lipinski definition) is 1. The number of H-pyrrole nitrogens is 1. The molecule has 0 aromatic carbocycles. The third-order valence-electron chi connectivity index (χ3n) is 0.530. The number of hydrogen-bond acceptors (Lipinski definition) is 2. The summed E-state index contributed by atoms with van der Waals surface area (Å²) in [7, 11) is 4.86. The normalized spacial score (nSPS) is 9.29. The summed E-state index contributed by atoms with van der Waals surface area (Å²) in [5.74, 6) is -0.750. The fourth-order valence-electron chi connectivity index (χ4n) is 0.226. The van der Waals surface area contributed by atoms with Crippen LogP contribution >= 0.6 is 0 Å². The molecular weight excluding hydrogens is 95.9 g/mol. The van der Waals surface area contributed by atoms with Crippen LogP contribution in [0.4, 0.5) is 4.39 Å². The molecular formula is C2HBFN3. The molecule has 0 aliphatic carbocycles. The summed E-state index contributed by atoms with van der Waals surface area (Å²) in [4.78, 5) is 0. The van der Waals surface area contributed by atoms with Crippen LogP contribution in [-0.4, -0.2) is 23.3 Å². The van der Waals surface area contributed by atoms with E-state index < -0.39 is 5.95 Å². The summed E-state index contributed by atoms with van der Waals surface area (Å²) in [6, 6.07) is 0. The van der Waals surface area contributed by atoms with Gasteiger partial charge in [0.05, 0.1) is 5.59 Å². The average Bonchev–Trinajstić information content (AvgIpc) is 1.91. The van der Waals surface area contributed by atoms with E-state index in [1.807, 2.05) is 5.21 Å². The Morgan fingerprint density at radius 3 is 2.43 bits per heavy atom. The molecule has 2 radical (unpaired) electrons. The van der Waals surface area contributed by atoms with Crippen molar-refractivity contribution in [3.63, 3.8) is 0 Å². The number of halogens is 1. The molecule has 0 unspecified atom stereocenters. The fraction of sp³-hybridized carbons (Fsp3) is 0. The minimum Gasteiger partial charge on any atom is -0.196 e. The molecule has 0 amide bonds. The minimum absolute atomic E-state index is 0.194. The van der Waals surface area contributed by atoms with Crippen molar-refractivity contribution in [1.29, 1.82) is 0 Å². The Labute approximate surface area is 40.3 Å². The van der Waals surface area contributed by atoms with Crippen LogP contribution in [0, 0.1) is 5.95 Å². The summed E-state index contributed by atoms with van der Waals surface area (Å²) in [5, 5.41) is 8.17. The average molecular weight is 96.9 g/mol. The maximum absolute atomic E-state index is 11.7. The van der Waals surface area contributed by atoms with Gasteiger partial charge >= 0.3 is 0 Å². The lowest BCUT2D eigenvalue weighted by molar-refractivity contribution is 0.585. The van der Waals surface area contributed by atoms with Crippen molar-refractivity contribution < 1.29 is 4.39 Å².